The molecule has 8 heteroatoms. The molecule has 0 radical (unpaired) electrons. The smallest absolute Gasteiger partial charge is 0.247 e. The minimum absolute atomic E-state index is 0.408. The lowest BCUT2D eigenvalue weighted by Crippen LogP contribution is -2.23. The van der Waals surface area contributed by atoms with Crippen LogP contribution in [0.1, 0.15) is 5.56 Å². The van der Waals surface area contributed by atoms with Crippen molar-refractivity contribution in [2.75, 3.05) is 18.7 Å². The normalized spacial score (nSPS) is 15.2. The number of methoxy groups -OCH3 is 1. The fourth-order valence-corrected chi connectivity index (χ4v) is 3.44. The van der Waals surface area contributed by atoms with Crippen molar-refractivity contribution in [3.63, 3.8) is 0 Å². The van der Waals surface area contributed by atoms with E-state index in [1.165, 1.54) is 11.8 Å². The molecular formula is C20H17BrN4O2S. The quantitative estimate of drug-likeness (QED) is 0.561. The summed E-state index contributed by atoms with van der Waals surface area (Å²) in [5.41, 5.74) is 3.44. The highest BCUT2D eigenvalue weighted by molar-refractivity contribution is 9.10. The van der Waals surface area contributed by atoms with Crippen molar-refractivity contribution in [2.45, 2.75) is 11.4 Å². The Bertz CT molecular complexity index is 1030. The number of benzene rings is 2. The topological polar surface area (TPSA) is 69.2 Å². The molecule has 0 amide bonds. The SMILES string of the molecule is COc1ccc(/C=C/[C@H]2Nc3ccc(Br)cc3-c3nnc(SC)nc3O2)cc1. The highest BCUT2D eigenvalue weighted by atomic mass is 79.9. The number of rotatable bonds is 4. The zero-order valence-electron chi connectivity index (χ0n) is 15.2. The van der Waals surface area contributed by atoms with Gasteiger partial charge in [0.25, 0.3) is 0 Å². The maximum atomic E-state index is 6.12. The Labute approximate surface area is 175 Å². The first kappa shape index (κ1) is 18.8. The lowest BCUT2D eigenvalue weighted by molar-refractivity contribution is 0.266. The molecule has 0 aliphatic carbocycles. The van der Waals surface area contributed by atoms with E-state index in [-0.39, 0.29) is 0 Å². The number of anilines is 1. The molecule has 0 unspecified atom stereocenters. The number of halogens is 1. The van der Waals surface area contributed by atoms with E-state index in [1.807, 2.05) is 60.9 Å². The van der Waals surface area contributed by atoms with Crippen LogP contribution < -0.4 is 14.8 Å². The monoisotopic (exact) mass is 456 g/mol. The molecule has 1 aliphatic rings. The fourth-order valence-electron chi connectivity index (χ4n) is 2.78. The average Bonchev–Trinajstić information content (AvgIpc) is 2.88. The Hall–Kier alpha value is -2.58. The molecule has 0 saturated carbocycles. The molecule has 0 bridgehead atoms. The number of thioether (sulfide) groups is 1. The van der Waals surface area contributed by atoms with E-state index in [4.69, 9.17) is 9.47 Å². The zero-order valence-corrected chi connectivity index (χ0v) is 17.6. The largest absolute Gasteiger partial charge is 0.497 e. The number of hydrogen-bond acceptors (Lipinski definition) is 7. The number of nitrogens with one attached hydrogen (secondary N) is 1. The van der Waals surface area contributed by atoms with Crippen LogP contribution in [0.5, 0.6) is 11.6 Å². The third-order valence-corrected chi connectivity index (χ3v) is 5.20. The van der Waals surface area contributed by atoms with Gasteiger partial charge in [-0.3, -0.25) is 0 Å². The summed E-state index contributed by atoms with van der Waals surface area (Å²) in [4.78, 5) is 4.51. The van der Waals surface area contributed by atoms with Gasteiger partial charge in [0.2, 0.25) is 11.0 Å². The second-order valence-corrected chi connectivity index (χ2v) is 7.65. The van der Waals surface area contributed by atoms with Crippen molar-refractivity contribution in [3.8, 4) is 22.9 Å². The third kappa shape index (κ3) is 3.98. The highest BCUT2D eigenvalue weighted by Gasteiger charge is 2.24. The summed E-state index contributed by atoms with van der Waals surface area (Å²) in [7, 11) is 1.65. The van der Waals surface area contributed by atoms with Crippen LogP contribution in [0.25, 0.3) is 17.3 Å². The van der Waals surface area contributed by atoms with Gasteiger partial charge >= 0.3 is 0 Å². The molecular weight excluding hydrogens is 440 g/mol. The molecule has 3 aromatic rings. The van der Waals surface area contributed by atoms with Crippen LogP contribution in [-0.2, 0) is 0 Å². The van der Waals surface area contributed by atoms with E-state index in [1.54, 1.807) is 7.11 Å². The average molecular weight is 457 g/mol. The Kier molecular flexibility index (Phi) is 5.50. The maximum Gasteiger partial charge on any atom is 0.247 e. The van der Waals surface area contributed by atoms with E-state index >= 15 is 0 Å². The van der Waals surface area contributed by atoms with Gasteiger partial charge in [0.1, 0.15) is 5.75 Å². The Balaban J connectivity index is 1.69. The first-order valence-electron chi connectivity index (χ1n) is 8.50. The predicted octanol–water partition coefficient (Wildman–Crippen LogP) is 4.88. The number of aromatic nitrogens is 3. The summed E-state index contributed by atoms with van der Waals surface area (Å²) in [6.45, 7) is 0. The second-order valence-electron chi connectivity index (χ2n) is 5.96. The summed E-state index contributed by atoms with van der Waals surface area (Å²) >= 11 is 4.94. The lowest BCUT2D eigenvalue weighted by atomic mass is 10.1. The van der Waals surface area contributed by atoms with E-state index in [9.17, 15) is 0 Å². The first-order valence-corrected chi connectivity index (χ1v) is 10.5. The molecule has 1 atom stereocenters. The summed E-state index contributed by atoms with van der Waals surface area (Å²) in [6, 6.07) is 13.8. The first-order chi connectivity index (χ1) is 13.7. The van der Waals surface area contributed by atoms with Gasteiger partial charge in [-0.25, -0.2) is 0 Å². The van der Waals surface area contributed by atoms with E-state index in [0.717, 1.165) is 27.0 Å². The van der Waals surface area contributed by atoms with Gasteiger partial charge in [-0.15, -0.1) is 10.2 Å². The summed E-state index contributed by atoms with van der Waals surface area (Å²) in [6.07, 6.45) is 5.44. The number of ether oxygens (including phenoxy) is 2. The summed E-state index contributed by atoms with van der Waals surface area (Å²) < 4.78 is 12.3. The van der Waals surface area contributed by atoms with Gasteiger partial charge in [0.05, 0.1) is 7.11 Å². The van der Waals surface area contributed by atoms with Crippen LogP contribution >= 0.6 is 27.7 Å². The molecule has 1 aliphatic heterocycles. The molecule has 2 heterocycles. The predicted molar refractivity (Wildman–Crippen MR) is 115 cm³/mol. The van der Waals surface area contributed by atoms with Gasteiger partial charge in [0.15, 0.2) is 11.9 Å². The Morgan fingerprint density at radius 2 is 2.00 bits per heavy atom. The lowest BCUT2D eigenvalue weighted by Gasteiger charge is -2.15. The minimum Gasteiger partial charge on any atom is -0.497 e. The van der Waals surface area contributed by atoms with Crippen LogP contribution in [0.15, 0.2) is 58.2 Å². The molecule has 0 spiro atoms. The summed E-state index contributed by atoms with van der Waals surface area (Å²) in [5, 5.41) is 12.5. The van der Waals surface area contributed by atoms with Crippen LogP contribution in [0.2, 0.25) is 0 Å². The van der Waals surface area contributed by atoms with Crippen LogP contribution in [0.4, 0.5) is 5.69 Å². The summed E-state index contributed by atoms with van der Waals surface area (Å²) in [5.74, 6) is 1.27. The van der Waals surface area contributed by atoms with Crippen molar-refractivity contribution >= 4 is 39.5 Å². The molecule has 1 aromatic heterocycles. The third-order valence-electron chi connectivity index (χ3n) is 4.17. The van der Waals surface area contributed by atoms with Gasteiger partial charge < -0.3 is 14.8 Å². The molecule has 28 heavy (non-hydrogen) atoms. The molecule has 6 nitrogen and oxygen atoms in total. The van der Waals surface area contributed by atoms with E-state index in [2.05, 4.69) is 36.4 Å². The minimum atomic E-state index is -0.408. The molecule has 0 saturated heterocycles. The maximum absolute atomic E-state index is 6.12. The van der Waals surface area contributed by atoms with Crippen molar-refractivity contribution in [2.24, 2.45) is 0 Å². The zero-order chi connectivity index (χ0) is 19.5. The second kappa shape index (κ2) is 8.20. The standard InChI is InChI=1S/C20H17BrN4O2S/c1-26-14-7-3-12(4-8-14)5-10-17-22-16-9-6-13(21)11-15(16)18-19(27-17)23-20(28-2)25-24-18/h3-11,17,22H,1-2H3/b10-5+/t17-/m0/s1. The fraction of sp³-hybridized carbons (Fsp3) is 0.150. The number of nitrogens with zero attached hydrogens (tertiary/aromatic N) is 3. The molecule has 4 rings (SSSR count). The van der Waals surface area contributed by atoms with Gasteiger partial charge in [-0.2, -0.15) is 4.98 Å². The van der Waals surface area contributed by atoms with Crippen LogP contribution in [0, 0.1) is 0 Å². The van der Waals surface area contributed by atoms with E-state index < -0.39 is 6.23 Å². The van der Waals surface area contributed by atoms with Crippen molar-refractivity contribution in [1.82, 2.24) is 15.2 Å². The van der Waals surface area contributed by atoms with Crippen molar-refractivity contribution in [1.29, 1.82) is 0 Å². The number of hydrogen-bond donors (Lipinski definition) is 1. The van der Waals surface area contributed by atoms with Crippen molar-refractivity contribution in [3.05, 3.63) is 58.6 Å². The molecule has 1 N–H and O–H groups in total. The van der Waals surface area contributed by atoms with Gasteiger partial charge in [-0.05, 0) is 48.2 Å². The van der Waals surface area contributed by atoms with Crippen LogP contribution in [0.3, 0.4) is 0 Å². The molecule has 142 valence electrons. The molecule has 2 aromatic carbocycles. The number of fused-ring (bicyclic) bond motifs is 3. The van der Waals surface area contributed by atoms with Gasteiger partial charge in [-0.1, -0.05) is 45.9 Å². The molecule has 0 fully saturated rings. The van der Waals surface area contributed by atoms with Crippen LogP contribution in [-0.4, -0.2) is 34.8 Å². The Morgan fingerprint density at radius 1 is 1.18 bits per heavy atom. The van der Waals surface area contributed by atoms with E-state index in [0.29, 0.717) is 16.7 Å². The highest BCUT2D eigenvalue weighted by Crippen LogP contribution is 2.38. The van der Waals surface area contributed by atoms with Crippen molar-refractivity contribution < 1.29 is 9.47 Å². The van der Waals surface area contributed by atoms with Gasteiger partial charge in [0, 0.05) is 15.7 Å². The Morgan fingerprint density at radius 3 is 2.75 bits per heavy atom.